The zero-order valence-corrected chi connectivity index (χ0v) is 22.0. The van der Waals surface area contributed by atoms with Gasteiger partial charge in [0.05, 0.1) is 16.2 Å². The number of nitrogens with two attached hydrogens (primary N) is 1. The van der Waals surface area contributed by atoms with Crippen LogP contribution in [-0.4, -0.2) is 27.0 Å². The van der Waals surface area contributed by atoms with E-state index < -0.39 is 11.2 Å². The molecule has 180 valence electrons. The normalized spacial score (nSPS) is 14.0. The van der Waals surface area contributed by atoms with Gasteiger partial charge in [0, 0.05) is 15.8 Å². The number of fused-ring (bicyclic) bond motifs is 2. The molecule has 1 unspecified atom stereocenters. The molecule has 0 spiro atoms. The molecule has 2 amide bonds. The Morgan fingerprint density at radius 3 is 2.69 bits per heavy atom. The highest BCUT2D eigenvalue weighted by atomic mass is 32.2. The lowest BCUT2D eigenvalue weighted by atomic mass is 9.95. The van der Waals surface area contributed by atoms with E-state index in [9.17, 15) is 9.59 Å². The number of rotatable bonds is 7. The fourth-order valence-electron chi connectivity index (χ4n) is 4.42. The smallest absolute Gasteiger partial charge is 0.251 e. The number of aryl methyl sites for hydroxylation is 2. The minimum atomic E-state index is -0.477. The van der Waals surface area contributed by atoms with Crippen LogP contribution in [0.5, 0.6) is 0 Å². The van der Waals surface area contributed by atoms with Crippen molar-refractivity contribution in [1.29, 1.82) is 0 Å². The van der Waals surface area contributed by atoms with Crippen LogP contribution in [0.1, 0.15) is 53.1 Å². The van der Waals surface area contributed by atoms with Gasteiger partial charge in [-0.15, -0.1) is 22.7 Å². The summed E-state index contributed by atoms with van der Waals surface area (Å²) in [6, 6.07) is 8.54. The van der Waals surface area contributed by atoms with E-state index in [2.05, 4.69) is 51.9 Å². The number of benzene rings is 1. The molecule has 0 radical (unpaired) electrons. The van der Waals surface area contributed by atoms with Gasteiger partial charge in [-0.2, -0.15) is 0 Å². The van der Waals surface area contributed by atoms with Crippen LogP contribution in [0, 0.1) is 0 Å². The van der Waals surface area contributed by atoms with Gasteiger partial charge in [0.1, 0.15) is 21.2 Å². The molecule has 1 aromatic carbocycles. The molecule has 3 heterocycles. The van der Waals surface area contributed by atoms with Crippen LogP contribution in [0.15, 0.2) is 41.0 Å². The number of thioether (sulfide) groups is 1. The monoisotopic (exact) mass is 522 g/mol. The Hall–Kier alpha value is -2.75. The Balaban J connectivity index is 1.41. The first kappa shape index (κ1) is 24.0. The first-order valence-corrected chi connectivity index (χ1v) is 14.3. The average Bonchev–Trinajstić information content (AvgIpc) is 3.46. The quantitative estimate of drug-likeness (QED) is 0.226. The SMILES string of the molecule is CCc1ccc(-c2csc3ncnc(SC(C)C(=O)Nc4sc5c(c4C(N)=O)CCCC5)c23)cc1. The van der Waals surface area contributed by atoms with Gasteiger partial charge in [-0.05, 0) is 55.7 Å². The number of thiophene rings is 2. The van der Waals surface area contributed by atoms with Crippen molar-refractivity contribution in [3.63, 3.8) is 0 Å². The van der Waals surface area contributed by atoms with Crippen molar-refractivity contribution >= 4 is 61.5 Å². The lowest BCUT2D eigenvalue weighted by Crippen LogP contribution is -2.24. The van der Waals surface area contributed by atoms with Crippen molar-refractivity contribution < 1.29 is 9.59 Å². The van der Waals surface area contributed by atoms with Crippen LogP contribution in [0.4, 0.5) is 5.00 Å². The number of primary amides is 1. The number of amides is 2. The van der Waals surface area contributed by atoms with Gasteiger partial charge in [-0.25, -0.2) is 9.97 Å². The van der Waals surface area contributed by atoms with E-state index in [1.807, 2.05) is 6.92 Å². The molecular formula is C26H26N4O2S3. The highest BCUT2D eigenvalue weighted by molar-refractivity contribution is 8.00. The molecule has 35 heavy (non-hydrogen) atoms. The second kappa shape index (κ2) is 10.1. The van der Waals surface area contributed by atoms with Gasteiger partial charge in [0.2, 0.25) is 5.91 Å². The summed E-state index contributed by atoms with van der Waals surface area (Å²) in [5.41, 5.74) is 10.7. The summed E-state index contributed by atoms with van der Waals surface area (Å²) >= 11 is 4.46. The number of hydrogen-bond donors (Lipinski definition) is 2. The van der Waals surface area contributed by atoms with Crippen molar-refractivity contribution in [3.05, 3.63) is 57.5 Å². The molecule has 1 aliphatic carbocycles. The minimum absolute atomic E-state index is 0.174. The predicted molar refractivity (Wildman–Crippen MR) is 146 cm³/mol. The fraction of sp³-hybridized carbons (Fsp3) is 0.308. The van der Waals surface area contributed by atoms with Crippen molar-refractivity contribution in [2.24, 2.45) is 5.73 Å². The zero-order chi connectivity index (χ0) is 24.5. The third-order valence-corrected chi connectivity index (χ3v) is 9.51. The predicted octanol–water partition coefficient (Wildman–Crippen LogP) is 6.08. The molecule has 0 fully saturated rings. The molecule has 1 aliphatic rings. The lowest BCUT2D eigenvalue weighted by molar-refractivity contribution is -0.115. The third kappa shape index (κ3) is 4.72. The van der Waals surface area contributed by atoms with Crippen LogP contribution in [0.25, 0.3) is 21.3 Å². The number of hydrogen-bond acceptors (Lipinski definition) is 7. The van der Waals surface area contributed by atoms with Gasteiger partial charge in [-0.3, -0.25) is 9.59 Å². The van der Waals surface area contributed by atoms with Crippen LogP contribution < -0.4 is 11.1 Å². The highest BCUT2D eigenvalue weighted by Crippen LogP contribution is 2.41. The second-order valence-electron chi connectivity index (χ2n) is 8.59. The molecule has 1 atom stereocenters. The summed E-state index contributed by atoms with van der Waals surface area (Å²) in [7, 11) is 0. The number of carbonyl (C=O) groups is 2. The first-order valence-electron chi connectivity index (χ1n) is 11.7. The number of nitrogens with one attached hydrogen (secondary N) is 1. The third-order valence-electron chi connectivity index (χ3n) is 6.32. The summed E-state index contributed by atoms with van der Waals surface area (Å²) < 4.78 is 0. The number of aromatic nitrogens is 2. The summed E-state index contributed by atoms with van der Waals surface area (Å²) in [6.45, 7) is 4.00. The largest absolute Gasteiger partial charge is 0.365 e. The van der Waals surface area contributed by atoms with E-state index in [0.29, 0.717) is 10.6 Å². The zero-order valence-electron chi connectivity index (χ0n) is 19.6. The van der Waals surface area contributed by atoms with Crippen molar-refractivity contribution in [2.45, 2.75) is 56.2 Å². The first-order chi connectivity index (χ1) is 17.0. The molecule has 4 aromatic rings. The van der Waals surface area contributed by atoms with E-state index in [-0.39, 0.29) is 5.91 Å². The van der Waals surface area contributed by atoms with Crippen LogP contribution in [0.3, 0.4) is 0 Å². The van der Waals surface area contributed by atoms with Crippen LogP contribution in [-0.2, 0) is 24.1 Å². The van der Waals surface area contributed by atoms with E-state index in [4.69, 9.17) is 5.73 Å². The standard InChI is InChI=1S/C26H26N4O2S3/c1-3-15-8-10-16(11-9-15)18-12-33-24-21(18)25(29-13-28-24)34-14(2)23(32)30-26-20(22(27)31)17-6-4-5-7-19(17)35-26/h8-14H,3-7H2,1-2H3,(H2,27,31)(H,30,32). The van der Waals surface area contributed by atoms with Crippen molar-refractivity contribution in [1.82, 2.24) is 9.97 Å². The van der Waals surface area contributed by atoms with Gasteiger partial charge < -0.3 is 11.1 Å². The highest BCUT2D eigenvalue weighted by Gasteiger charge is 2.27. The van der Waals surface area contributed by atoms with Gasteiger partial charge in [0.15, 0.2) is 0 Å². The second-order valence-corrected chi connectivity index (χ2v) is 11.9. The summed E-state index contributed by atoms with van der Waals surface area (Å²) in [5, 5.41) is 6.97. The van der Waals surface area contributed by atoms with Gasteiger partial charge in [-0.1, -0.05) is 43.0 Å². The van der Waals surface area contributed by atoms with Crippen molar-refractivity contribution in [2.75, 3.05) is 5.32 Å². The Kier molecular flexibility index (Phi) is 6.91. The Labute approximate surface area is 216 Å². The van der Waals surface area contributed by atoms with E-state index in [1.165, 1.54) is 28.7 Å². The molecule has 0 saturated carbocycles. The van der Waals surface area contributed by atoms with Gasteiger partial charge in [0.25, 0.3) is 5.91 Å². The Morgan fingerprint density at radius 2 is 1.94 bits per heavy atom. The maximum absolute atomic E-state index is 13.2. The molecule has 6 nitrogen and oxygen atoms in total. The van der Waals surface area contributed by atoms with Crippen LogP contribution in [0.2, 0.25) is 0 Å². The number of nitrogens with zero attached hydrogens (tertiary/aromatic N) is 2. The maximum Gasteiger partial charge on any atom is 0.251 e. The Bertz CT molecular complexity index is 1410. The number of anilines is 1. The molecule has 0 bridgehead atoms. The average molecular weight is 523 g/mol. The van der Waals surface area contributed by atoms with Gasteiger partial charge >= 0.3 is 0 Å². The van der Waals surface area contributed by atoms with E-state index >= 15 is 0 Å². The van der Waals surface area contributed by atoms with E-state index in [0.717, 1.165) is 68.9 Å². The lowest BCUT2D eigenvalue weighted by Gasteiger charge is -2.13. The maximum atomic E-state index is 13.2. The molecular weight excluding hydrogens is 497 g/mol. The summed E-state index contributed by atoms with van der Waals surface area (Å²) in [4.78, 5) is 36.4. The molecule has 0 saturated heterocycles. The van der Waals surface area contributed by atoms with E-state index in [1.54, 1.807) is 17.7 Å². The molecule has 0 aliphatic heterocycles. The topological polar surface area (TPSA) is 98.0 Å². The minimum Gasteiger partial charge on any atom is -0.365 e. The fourth-order valence-corrected chi connectivity index (χ4v) is 7.63. The summed E-state index contributed by atoms with van der Waals surface area (Å²) in [5.74, 6) is -0.651. The molecule has 5 rings (SSSR count). The number of carbonyl (C=O) groups excluding carboxylic acids is 2. The van der Waals surface area contributed by atoms with Crippen molar-refractivity contribution in [3.8, 4) is 11.1 Å². The van der Waals surface area contributed by atoms with Crippen LogP contribution >= 0.6 is 34.4 Å². The molecule has 9 heteroatoms. The summed E-state index contributed by atoms with van der Waals surface area (Å²) in [6.07, 6.45) is 6.44. The molecule has 3 N–H and O–H groups in total. The Morgan fingerprint density at radius 1 is 1.17 bits per heavy atom. The molecule has 3 aromatic heterocycles.